The van der Waals surface area contributed by atoms with E-state index in [1.807, 2.05) is 0 Å². The van der Waals surface area contributed by atoms with Crippen LogP contribution in [0.4, 0.5) is 9.59 Å². The van der Waals surface area contributed by atoms with E-state index in [0.29, 0.717) is 5.56 Å². The number of aliphatic hydroxyl groups excluding tert-OH is 2. The Labute approximate surface area is 449 Å². The third-order valence-corrected chi connectivity index (χ3v) is 11.2. The molecule has 1 aliphatic heterocycles. The van der Waals surface area contributed by atoms with E-state index >= 15 is 0 Å². The van der Waals surface area contributed by atoms with Gasteiger partial charge in [0.25, 0.3) is 0 Å². The minimum absolute atomic E-state index is 0.0625. The molecule has 0 unspecified atom stereocenters. The zero-order valence-electron chi connectivity index (χ0n) is 46.3. The van der Waals surface area contributed by atoms with Crippen LogP contribution in [0.2, 0.25) is 0 Å². The fourth-order valence-electron chi connectivity index (χ4n) is 7.36. The normalized spacial score (nSPS) is 23.1. The lowest BCUT2D eigenvalue weighted by Gasteiger charge is -2.27. The molecule has 26 nitrogen and oxygen atoms in total. The van der Waals surface area contributed by atoms with Gasteiger partial charge in [0, 0.05) is 26.1 Å². The average Bonchev–Trinajstić information content (AvgIpc) is 3.29. The molecule has 0 bridgehead atoms. The Bertz CT molecular complexity index is 2200. The quantitative estimate of drug-likeness (QED) is 0.0915. The highest BCUT2D eigenvalue weighted by atomic mass is 16.6. The third kappa shape index (κ3) is 26.0. The minimum atomic E-state index is -1.71. The van der Waals surface area contributed by atoms with Gasteiger partial charge in [0.15, 0.2) is 0 Å². The number of amides is 11. The summed E-state index contributed by atoms with van der Waals surface area (Å²) in [5.74, 6) is -8.26. The van der Waals surface area contributed by atoms with E-state index in [1.165, 1.54) is 27.7 Å². The summed E-state index contributed by atoms with van der Waals surface area (Å²) in [6.45, 7) is 17.6. The summed E-state index contributed by atoms with van der Waals surface area (Å²) < 4.78 is 10.5. The molecule has 26 heteroatoms. The number of alkyl carbamates (subject to hydrolysis) is 2. The molecule has 0 aromatic heterocycles. The van der Waals surface area contributed by atoms with Crippen LogP contribution in [-0.4, -0.2) is 167 Å². The standard InChI is InChI=1S/C51H83N11O15/c1-27(2)24-36-45(71)56-29(4)40(66)58-35(20-23-54-49(75)77-51(10,11)12)44(70)62-39(31(6)64)47(73)52-21-18-34(42(68)55-30(5)41(67)60-37(46(72)61-36)26-32-16-14-13-15-17-32)59-43(69)33(57-38(65)25-28(3)63)19-22-53-48(74)76-50(7,8)9/h13-17,27-31,33-37,39,63-64H,18-26H2,1-12H3,(H,52,73)(H,53,74)(H,54,75)(H,55,68)(H,56,71)(H,57,65)(H,58,66)(H,59,69)(H,60,67)(H,61,72)(H,62,70)/t28-,29+,30+,31-,33+,34+,35+,36+,37-,39+/m1/s1. The predicted molar refractivity (Wildman–Crippen MR) is 280 cm³/mol. The Balaban J connectivity index is 2.69. The van der Waals surface area contributed by atoms with E-state index < -0.39 is 156 Å². The first-order chi connectivity index (χ1) is 35.7. The first kappa shape index (κ1) is 66.0. The molecule has 0 spiro atoms. The first-order valence-corrected chi connectivity index (χ1v) is 25.8. The van der Waals surface area contributed by atoms with Crippen molar-refractivity contribution in [2.24, 2.45) is 5.92 Å². The topological polar surface area (TPSA) is 379 Å². The highest BCUT2D eigenvalue weighted by Gasteiger charge is 2.35. The van der Waals surface area contributed by atoms with Gasteiger partial charge in [0.1, 0.15) is 59.5 Å². The van der Waals surface area contributed by atoms with Gasteiger partial charge < -0.3 is 78.2 Å². The molecule has 13 N–H and O–H groups in total. The Morgan fingerprint density at radius 3 is 1.69 bits per heavy atom. The molecule has 1 aromatic carbocycles. The number of aliphatic hydroxyl groups is 2. The molecular weight excluding hydrogens is 1010 g/mol. The summed E-state index contributed by atoms with van der Waals surface area (Å²) in [4.78, 5) is 150. The van der Waals surface area contributed by atoms with Crippen molar-refractivity contribution in [1.82, 2.24) is 58.5 Å². The lowest BCUT2D eigenvalue weighted by molar-refractivity contribution is -0.136. The van der Waals surface area contributed by atoms with Crippen molar-refractivity contribution >= 4 is 65.4 Å². The van der Waals surface area contributed by atoms with Gasteiger partial charge in [-0.1, -0.05) is 44.2 Å². The van der Waals surface area contributed by atoms with Gasteiger partial charge in [-0.05, 0) is 106 Å². The van der Waals surface area contributed by atoms with Gasteiger partial charge >= 0.3 is 12.2 Å². The van der Waals surface area contributed by atoms with E-state index in [0.717, 1.165) is 0 Å². The van der Waals surface area contributed by atoms with Crippen molar-refractivity contribution in [2.45, 2.75) is 193 Å². The molecule has 1 aliphatic rings. The zero-order valence-corrected chi connectivity index (χ0v) is 46.3. The molecule has 1 saturated heterocycles. The van der Waals surface area contributed by atoms with Gasteiger partial charge in [-0.15, -0.1) is 0 Å². The molecule has 1 heterocycles. The Hall–Kier alpha value is -7.09. The maximum absolute atomic E-state index is 14.2. The molecule has 1 fully saturated rings. The zero-order chi connectivity index (χ0) is 58.4. The molecular formula is C51H83N11O15. The van der Waals surface area contributed by atoms with E-state index in [4.69, 9.17) is 9.47 Å². The van der Waals surface area contributed by atoms with E-state index in [1.54, 1.807) is 85.7 Å². The van der Waals surface area contributed by atoms with Crippen LogP contribution in [0.1, 0.15) is 121 Å². The SMILES string of the molecule is CC(C)C[C@@H]1NC(=O)[C@@H](Cc2ccccc2)NC(=O)[C@H](C)NC(=O)[C@@H](NC(=O)[C@H](CCNC(=O)OC(C)(C)C)NC(=O)C[C@@H](C)O)CCNC(=O)[C@H]([C@@H](C)O)NC(=O)[C@H](CCNC(=O)OC(C)(C)C)NC(=O)[C@H](C)NC1=O. The maximum Gasteiger partial charge on any atom is 0.407 e. The average molecular weight is 1090 g/mol. The van der Waals surface area contributed by atoms with Crippen molar-refractivity contribution in [1.29, 1.82) is 0 Å². The van der Waals surface area contributed by atoms with Crippen LogP contribution < -0.4 is 58.5 Å². The van der Waals surface area contributed by atoms with Crippen LogP contribution in [-0.2, 0) is 59.0 Å². The van der Waals surface area contributed by atoms with E-state index in [9.17, 15) is 63.0 Å². The highest BCUT2D eigenvalue weighted by Crippen LogP contribution is 2.12. The molecule has 432 valence electrons. The predicted octanol–water partition coefficient (Wildman–Crippen LogP) is -1.31. The Kier molecular flexibility index (Phi) is 26.8. The van der Waals surface area contributed by atoms with Crippen LogP contribution >= 0.6 is 0 Å². The number of rotatable bonds is 16. The summed E-state index contributed by atoms with van der Waals surface area (Å²) >= 11 is 0. The van der Waals surface area contributed by atoms with Gasteiger partial charge in [-0.25, -0.2) is 9.59 Å². The lowest BCUT2D eigenvalue weighted by atomic mass is 10.0. The summed E-state index contributed by atoms with van der Waals surface area (Å²) in [6.07, 6.45) is -5.77. The summed E-state index contributed by atoms with van der Waals surface area (Å²) in [5, 5.41) is 48.5. The van der Waals surface area contributed by atoms with E-state index in [2.05, 4.69) is 58.5 Å². The van der Waals surface area contributed by atoms with Crippen LogP contribution in [0.25, 0.3) is 0 Å². The molecule has 2 rings (SSSR count). The van der Waals surface area contributed by atoms with Crippen molar-refractivity contribution in [3.8, 4) is 0 Å². The van der Waals surface area contributed by atoms with Crippen molar-refractivity contribution in [2.75, 3.05) is 19.6 Å². The van der Waals surface area contributed by atoms with Gasteiger partial charge in [0.2, 0.25) is 53.2 Å². The minimum Gasteiger partial charge on any atom is -0.444 e. The highest BCUT2D eigenvalue weighted by molar-refractivity contribution is 5.98. The number of carbonyl (C=O) groups is 11. The molecule has 1 aromatic rings. The lowest BCUT2D eigenvalue weighted by Crippen LogP contribution is -2.60. The van der Waals surface area contributed by atoms with Crippen molar-refractivity contribution < 1.29 is 72.4 Å². The number of ether oxygens (including phenoxy) is 2. The monoisotopic (exact) mass is 1090 g/mol. The van der Waals surface area contributed by atoms with Crippen molar-refractivity contribution in [3.63, 3.8) is 0 Å². The largest absolute Gasteiger partial charge is 0.444 e. The Morgan fingerprint density at radius 1 is 0.649 bits per heavy atom. The van der Waals surface area contributed by atoms with Crippen LogP contribution in [0.3, 0.4) is 0 Å². The molecule has 0 aliphatic carbocycles. The number of hydrogen-bond donors (Lipinski definition) is 13. The molecule has 11 amide bonds. The van der Waals surface area contributed by atoms with Gasteiger partial charge in [-0.3, -0.25) is 43.2 Å². The first-order valence-electron chi connectivity index (χ1n) is 25.8. The van der Waals surface area contributed by atoms with Crippen molar-refractivity contribution in [3.05, 3.63) is 35.9 Å². The van der Waals surface area contributed by atoms with Crippen LogP contribution in [0.15, 0.2) is 30.3 Å². The summed E-state index contributed by atoms with van der Waals surface area (Å²) in [6, 6.07) is -3.07. The smallest absolute Gasteiger partial charge is 0.407 e. The third-order valence-electron chi connectivity index (χ3n) is 11.2. The fourth-order valence-corrected chi connectivity index (χ4v) is 7.36. The summed E-state index contributed by atoms with van der Waals surface area (Å²) in [7, 11) is 0. The van der Waals surface area contributed by atoms with Gasteiger partial charge in [-0.2, -0.15) is 0 Å². The number of hydrogen-bond acceptors (Lipinski definition) is 15. The summed E-state index contributed by atoms with van der Waals surface area (Å²) in [5.41, 5.74) is -1.14. The molecule has 0 radical (unpaired) electrons. The second-order valence-electron chi connectivity index (χ2n) is 21.4. The van der Waals surface area contributed by atoms with Gasteiger partial charge in [0.05, 0.1) is 18.6 Å². The fraction of sp³-hybridized carbons (Fsp3) is 0.667. The number of benzene rings is 1. The molecule has 77 heavy (non-hydrogen) atoms. The van der Waals surface area contributed by atoms with Crippen LogP contribution in [0.5, 0.6) is 0 Å². The number of nitrogens with one attached hydrogen (secondary N) is 11. The Morgan fingerprint density at radius 2 is 1.16 bits per heavy atom. The molecule has 0 saturated carbocycles. The maximum atomic E-state index is 14.2. The second-order valence-corrected chi connectivity index (χ2v) is 21.4. The van der Waals surface area contributed by atoms with E-state index in [-0.39, 0.29) is 44.7 Å². The second kappa shape index (κ2) is 31.2. The number of carbonyl (C=O) groups excluding carboxylic acids is 11. The molecule has 10 atom stereocenters. The van der Waals surface area contributed by atoms with Crippen LogP contribution in [0, 0.1) is 5.92 Å².